The number of aromatic nitrogens is 3. The number of aryl methyl sites for hydroxylation is 3. The lowest BCUT2D eigenvalue weighted by Crippen LogP contribution is -2.39. The molecule has 0 amide bonds. The van der Waals surface area contributed by atoms with E-state index < -0.39 is 0 Å². The summed E-state index contributed by atoms with van der Waals surface area (Å²) in [6.45, 7) is 10.8. The van der Waals surface area contributed by atoms with Crippen LogP contribution in [0.25, 0.3) is 11.0 Å². The highest BCUT2D eigenvalue weighted by Gasteiger charge is 2.17. The van der Waals surface area contributed by atoms with Gasteiger partial charge in [-0.25, -0.2) is 9.97 Å². The summed E-state index contributed by atoms with van der Waals surface area (Å²) in [5.74, 6) is 0.942. The van der Waals surface area contributed by atoms with Crippen molar-refractivity contribution in [1.29, 1.82) is 0 Å². The number of morpholine rings is 1. The van der Waals surface area contributed by atoms with Gasteiger partial charge >= 0.3 is 0 Å². The molecule has 0 unspecified atom stereocenters. The first kappa shape index (κ1) is 18.9. The summed E-state index contributed by atoms with van der Waals surface area (Å²) in [4.78, 5) is 11.6. The normalized spacial score (nSPS) is 15.2. The van der Waals surface area contributed by atoms with Gasteiger partial charge in [0.1, 0.15) is 17.8 Å². The molecule has 1 aliphatic heterocycles. The van der Waals surface area contributed by atoms with Crippen LogP contribution in [0.5, 0.6) is 0 Å². The number of ether oxygens (including phenoxy) is 1. The van der Waals surface area contributed by atoms with Gasteiger partial charge in [0.05, 0.1) is 18.6 Å². The topological polar surface area (TPSA) is 55.2 Å². The second-order valence-electron chi connectivity index (χ2n) is 7.40. The van der Waals surface area contributed by atoms with Crippen LogP contribution in [0.4, 0.5) is 5.82 Å². The molecule has 6 nitrogen and oxygen atoms in total. The van der Waals surface area contributed by atoms with Crippen LogP contribution in [0.3, 0.4) is 0 Å². The number of rotatable bonds is 7. The number of anilines is 1. The number of hydrogen-bond acceptors (Lipinski definition) is 5. The zero-order valence-electron chi connectivity index (χ0n) is 16.8. The van der Waals surface area contributed by atoms with Gasteiger partial charge in [-0.15, -0.1) is 0 Å². The van der Waals surface area contributed by atoms with Crippen molar-refractivity contribution in [3.8, 4) is 0 Å². The molecule has 28 heavy (non-hydrogen) atoms. The van der Waals surface area contributed by atoms with E-state index in [9.17, 15) is 0 Å². The molecule has 6 heteroatoms. The molecule has 1 aliphatic rings. The van der Waals surface area contributed by atoms with Crippen molar-refractivity contribution in [2.45, 2.75) is 26.8 Å². The van der Waals surface area contributed by atoms with Crippen molar-refractivity contribution in [1.82, 2.24) is 19.4 Å². The molecule has 0 spiro atoms. The third-order valence-electron chi connectivity index (χ3n) is 5.70. The van der Waals surface area contributed by atoms with E-state index in [-0.39, 0.29) is 0 Å². The molecule has 148 valence electrons. The standard InChI is InChI=1S/C22H29N5O/c1-17-18(2)27(10-8-19-6-4-3-5-7-19)22-20(17)21(24-16-25-22)23-9-11-26-12-14-28-15-13-26/h3-7,16H,8-15H2,1-2H3,(H,23,24,25). The first-order valence-corrected chi connectivity index (χ1v) is 10.1. The average Bonchev–Trinajstić information content (AvgIpc) is 2.99. The van der Waals surface area contributed by atoms with Crippen LogP contribution in [0.2, 0.25) is 0 Å². The molecule has 3 heterocycles. The summed E-state index contributed by atoms with van der Waals surface area (Å²) < 4.78 is 7.75. The Balaban J connectivity index is 1.50. The number of nitrogens with one attached hydrogen (secondary N) is 1. The molecule has 3 aromatic rings. The van der Waals surface area contributed by atoms with Crippen molar-refractivity contribution in [2.75, 3.05) is 44.7 Å². The molecule has 0 saturated carbocycles. The molecule has 0 aliphatic carbocycles. The Morgan fingerprint density at radius 2 is 1.82 bits per heavy atom. The van der Waals surface area contributed by atoms with Crippen molar-refractivity contribution >= 4 is 16.9 Å². The van der Waals surface area contributed by atoms with Gasteiger partial charge in [-0.1, -0.05) is 30.3 Å². The Bertz CT molecular complexity index is 916. The molecule has 0 radical (unpaired) electrons. The molecule has 1 N–H and O–H groups in total. The maximum absolute atomic E-state index is 5.42. The minimum atomic E-state index is 0.834. The van der Waals surface area contributed by atoms with E-state index in [1.165, 1.54) is 16.8 Å². The Morgan fingerprint density at radius 3 is 2.61 bits per heavy atom. The lowest BCUT2D eigenvalue weighted by atomic mass is 10.1. The van der Waals surface area contributed by atoms with E-state index in [4.69, 9.17) is 4.74 Å². The Morgan fingerprint density at radius 1 is 1.04 bits per heavy atom. The highest BCUT2D eigenvalue weighted by molar-refractivity contribution is 5.91. The van der Waals surface area contributed by atoms with Gasteiger partial charge in [-0.05, 0) is 31.4 Å². The molecule has 4 rings (SSSR count). The molecule has 1 saturated heterocycles. The van der Waals surface area contributed by atoms with Crippen molar-refractivity contribution < 1.29 is 4.74 Å². The summed E-state index contributed by atoms with van der Waals surface area (Å²) in [5.41, 5.74) is 4.90. The van der Waals surface area contributed by atoms with Crippen molar-refractivity contribution in [3.63, 3.8) is 0 Å². The predicted molar refractivity (Wildman–Crippen MR) is 113 cm³/mol. The lowest BCUT2D eigenvalue weighted by molar-refractivity contribution is 0.0398. The fourth-order valence-electron chi connectivity index (χ4n) is 3.92. The first-order valence-electron chi connectivity index (χ1n) is 10.1. The predicted octanol–water partition coefficient (Wildman–Crippen LogP) is 3.03. The van der Waals surface area contributed by atoms with Crippen molar-refractivity contribution in [3.05, 3.63) is 53.5 Å². The zero-order valence-corrected chi connectivity index (χ0v) is 16.8. The Kier molecular flexibility index (Phi) is 5.88. The zero-order chi connectivity index (χ0) is 19.3. The molecule has 1 aromatic carbocycles. The minimum absolute atomic E-state index is 0.834. The summed E-state index contributed by atoms with van der Waals surface area (Å²) in [7, 11) is 0. The van der Waals surface area contributed by atoms with Crippen LogP contribution in [-0.2, 0) is 17.7 Å². The minimum Gasteiger partial charge on any atom is -0.379 e. The summed E-state index contributed by atoms with van der Waals surface area (Å²) in [6, 6.07) is 10.6. The quantitative estimate of drug-likeness (QED) is 0.684. The molecule has 1 fully saturated rings. The number of nitrogens with zero attached hydrogens (tertiary/aromatic N) is 4. The smallest absolute Gasteiger partial charge is 0.145 e. The highest BCUT2D eigenvalue weighted by atomic mass is 16.5. The van der Waals surface area contributed by atoms with Gasteiger partial charge in [0.2, 0.25) is 0 Å². The van der Waals surface area contributed by atoms with Gasteiger partial charge in [0.25, 0.3) is 0 Å². The molecular formula is C22H29N5O. The van der Waals surface area contributed by atoms with Gasteiger partial charge in [-0.3, -0.25) is 4.90 Å². The van der Waals surface area contributed by atoms with E-state index in [1.807, 2.05) is 0 Å². The maximum Gasteiger partial charge on any atom is 0.145 e. The molecule has 0 atom stereocenters. The van der Waals surface area contributed by atoms with E-state index in [0.29, 0.717) is 0 Å². The van der Waals surface area contributed by atoms with E-state index >= 15 is 0 Å². The summed E-state index contributed by atoms with van der Waals surface area (Å²) >= 11 is 0. The number of hydrogen-bond donors (Lipinski definition) is 1. The molecule has 0 bridgehead atoms. The van der Waals surface area contributed by atoms with E-state index in [2.05, 4.69) is 68.9 Å². The third-order valence-corrected chi connectivity index (χ3v) is 5.70. The largest absolute Gasteiger partial charge is 0.379 e. The van der Waals surface area contributed by atoms with E-state index in [1.54, 1.807) is 6.33 Å². The second-order valence-corrected chi connectivity index (χ2v) is 7.40. The van der Waals surface area contributed by atoms with Crippen LogP contribution < -0.4 is 5.32 Å². The summed E-state index contributed by atoms with van der Waals surface area (Å²) in [6.07, 6.45) is 2.67. The second kappa shape index (κ2) is 8.71. The van der Waals surface area contributed by atoms with Crippen LogP contribution in [0, 0.1) is 13.8 Å². The van der Waals surface area contributed by atoms with Gasteiger partial charge in [0, 0.05) is 38.4 Å². The van der Waals surface area contributed by atoms with Crippen molar-refractivity contribution in [2.24, 2.45) is 0 Å². The Labute approximate surface area is 166 Å². The van der Waals surface area contributed by atoms with E-state index in [0.717, 1.165) is 69.2 Å². The van der Waals surface area contributed by atoms with Crippen LogP contribution in [0.1, 0.15) is 16.8 Å². The molecule has 2 aromatic heterocycles. The first-order chi connectivity index (χ1) is 13.7. The fourth-order valence-corrected chi connectivity index (χ4v) is 3.92. The van der Waals surface area contributed by atoms with Gasteiger partial charge in [0.15, 0.2) is 0 Å². The van der Waals surface area contributed by atoms with Gasteiger partial charge < -0.3 is 14.6 Å². The third kappa shape index (κ3) is 4.03. The van der Waals surface area contributed by atoms with Crippen LogP contribution in [-0.4, -0.2) is 58.8 Å². The summed E-state index contributed by atoms with van der Waals surface area (Å²) in [5, 5.41) is 4.69. The molecular weight excluding hydrogens is 350 g/mol. The SMILES string of the molecule is Cc1c(C)n(CCc2ccccc2)c2ncnc(NCCN3CCOCC3)c12. The Hall–Kier alpha value is -2.44. The monoisotopic (exact) mass is 379 g/mol. The maximum atomic E-state index is 5.42. The van der Waals surface area contributed by atoms with Crippen LogP contribution in [0.15, 0.2) is 36.7 Å². The number of benzene rings is 1. The van der Waals surface area contributed by atoms with Crippen LogP contribution >= 0.6 is 0 Å². The fraction of sp³-hybridized carbons (Fsp3) is 0.455. The number of fused-ring (bicyclic) bond motifs is 1. The average molecular weight is 380 g/mol. The van der Waals surface area contributed by atoms with Gasteiger partial charge in [-0.2, -0.15) is 0 Å². The highest BCUT2D eigenvalue weighted by Crippen LogP contribution is 2.28. The lowest BCUT2D eigenvalue weighted by Gasteiger charge is -2.26.